The van der Waals surface area contributed by atoms with Gasteiger partial charge in [0.05, 0.1) is 75.6 Å². The first-order chi connectivity index (χ1) is 37.6. The van der Waals surface area contributed by atoms with Crippen LogP contribution in [0, 0.1) is 0 Å². The lowest BCUT2D eigenvalue weighted by molar-refractivity contribution is -0.160. The molecule has 7 N–H and O–H groups in total. The molecule has 0 aromatic carbocycles. The Labute approximate surface area is 472 Å². The van der Waals surface area contributed by atoms with Crippen molar-refractivity contribution < 1.29 is 80.7 Å². The molecule has 29 nitrogen and oxygen atoms in total. The van der Waals surface area contributed by atoms with Crippen molar-refractivity contribution in [1.29, 1.82) is 0 Å². The molecule has 0 bridgehead atoms. The predicted octanol–water partition coefficient (Wildman–Crippen LogP) is 5.20. The first-order valence-electron chi connectivity index (χ1n) is 26.3. The van der Waals surface area contributed by atoms with Gasteiger partial charge in [0.25, 0.3) is 7.52 Å². The fourth-order valence-electron chi connectivity index (χ4n) is 6.90. The fourth-order valence-corrected chi connectivity index (χ4v) is 11.0. The van der Waals surface area contributed by atoms with E-state index in [1.165, 1.54) is 46.7 Å². The van der Waals surface area contributed by atoms with Crippen molar-refractivity contribution in [1.82, 2.24) is 49.2 Å². The summed E-state index contributed by atoms with van der Waals surface area (Å²) < 4.78 is 72.3. The number of anilines is 2. The molecular weight excluding hydrogens is 1100 g/mol. The molecule has 4 aromatic rings. The number of carbonyl (C=O) groups is 6. The standard InChI is InChI=1S/C25H41N6O8P.C16H27N6O5P.C9H16O4/c1-9-10-36-24(34)25(7,8)30-40(35,19(22(32)38-15(2)3)23(33)39-16(4)5)14-37-17(6)11-31-13-29-18-20(26)27-12-28-21(18)31;1-5-6-26-15(23)16(3,4)21-28(24,25)10-27-11(2)7-22-9-20-12-13(17)18-8-19-14(12)22;1-6(2)12-8(10)5-9(11)13-7(3)4/h12-13,15-17,19H,9-11,14H2,1-8H3,(H,30,35)(H2,26,27,28);8-9,11H,5-7,10H2,1-4H3,(H2,17,18,19)(H2,21,24,25);6-7H,5H2,1-4H3/t17-,40?;11-;/m11./s1. The van der Waals surface area contributed by atoms with Gasteiger partial charge in [-0.1, -0.05) is 13.8 Å². The molecule has 81 heavy (non-hydrogen) atoms. The van der Waals surface area contributed by atoms with Crippen LogP contribution in [-0.2, 0) is 88.9 Å². The number of imidazole rings is 2. The first kappa shape index (κ1) is 70.9. The number of rotatable bonds is 29. The first-order valence-corrected chi connectivity index (χ1v) is 30.1. The van der Waals surface area contributed by atoms with Gasteiger partial charge in [-0.25, -0.2) is 40.1 Å². The molecule has 0 saturated heterocycles. The lowest BCUT2D eigenvalue weighted by Crippen LogP contribution is -2.51. The predicted molar refractivity (Wildman–Crippen MR) is 298 cm³/mol. The molecule has 4 rings (SSSR count). The highest BCUT2D eigenvalue weighted by Crippen LogP contribution is 2.50. The second-order valence-electron chi connectivity index (χ2n) is 20.7. The molecule has 0 aliphatic carbocycles. The van der Waals surface area contributed by atoms with Crippen molar-refractivity contribution in [3.8, 4) is 0 Å². The number of nitrogen functional groups attached to an aromatic ring is 2. The highest BCUT2D eigenvalue weighted by atomic mass is 31.2. The Morgan fingerprint density at radius 3 is 1.32 bits per heavy atom. The number of nitrogens with zero attached hydrogens (tertiary/aromatic N) is 8. The van der Waals surface area contributed by atoms with Crippen molar-refractivity contribution in [2.24, 2.45) is 0 Å². The van der Waals surface area contributed by atoms with E-state index in [-0.39, 0.29) is 50.0 Å². The van der Waals surface area contributed by atoms with Gasteiger partial charge >= 0.3 is 35.8 Å². The van der Waals surface area contributed by atoms with E-state index in [1.807, 2.05) is 13.8 Å². The smallest absolute Gasteiger partial charge is 0.329 e. The van der Waals surface area contributed by atoms with Crippen molar-refractivity contribution in [3.05, 3.63) is 25.3 Å². The van der Waals surface area contributed by atoms with E-state index in [0.29, 0.717) is 41.7 Å². The van der Waals surface area contributed by atoms with Crippen LogP contribution >= 0.6 is 14.8 Å². The number of ether oxygens (including phenoxy) is 8. The van der Waals surface area contributed by atoms with E-state index in [2.05, 4.69) is 40.1 Å². The van der Waals surface area contributed by atoms with Crippen molar-refractivity contribution >= 4 is 84.6 Å². The quantitative estimate of drug-likeness (QED) is 0.0202. The Morgan fingerprint density at radius 2 is 0.951 bits per heavy atom. The van der Waals surface area contributed by atoms with Gasteiger partial charge in [0.1, 0.15) is 53.9 Å². The average molecular weight is 1190 g/mol. The Morgan fingerprint density at radius 1 is 0.580 bits per heavy atom. The molecule has 4 heterocycles. The summed E-state index contributed by atoms with van der Waals surface area (Å²) in [5, 5.41) is 5.18. The SMILES string of the molecule is CC(C)OC(=O)CC(=O)OC(C)C.CCCOC(=O)C(C)(C)NP(=O)(CO[C@H](C)Cn1cnc2c(N)ncnc21)C(C(=O)OC(C)C)C(=O)OC(C)C.CCCOC(=O)C(C)(C)NP(=O)(O)CO[C@H](C)Cn1cnc2c(N)ncnc21. The highest BCUT2D eigenvalue weighted by molar-refractivity contribution is 7.64. The second kappa shape index (κ2) is 32.4. The molecule has 4 atom stereocenters. The summed E-state index contributed by atoms with van der Waals surface area (Å²) in [4.78, 5) is 108. The van der Waals surface area contributed by atoms with Gasteiger partial charge in [0, 0.05) is 0 Å². The van der Waals surface area contributed by atoms with Crippen molar-refractivity contribution in [3.63, 3.8) is 0 Å². The Balaban J connectivity index is 0.000000471. The molecule has 456 valence electrons. The molecule has 31 heteroatoms. The maximum atomic E-state index is 14.6. The lowest BCUT2D eigenvalue weighted by Gasteiger charge is -2.34. The summed E-state index contributed by atoms with van der Waals surface area (Å²) >= 11 is 0. The number of hydrogen-bond donors (Lipinski definition) is 5. The second-order valence-corrected chi connectivity index (χ2v) is 25.2. The Bertz CT molecular complexity index is 2760. The van der Waals surface area contributed by atoms with Gasteiger partial charge in [0.2, 0.25) is 5.66 Å². The topological polar surface area (TPSA) is 394 Å². The van der Waals surface area contributed by atoms with E-state index >= 15 is 0 Å². The number of hydrogen-bond acceptors (Lipinski definition) is 24. The van der Waals surface area contributed by atoms with E-state index in [4.69, 9.17) is 49.4 Å². The van der Waals surface area contributed by atoms with E-state index < -0.39 is 104 Å². The van der Waals surface area contributed by atoms with Crippen LogP contribution in [0.3, 0.4) is 0 Å². The van der Waals surface area contributed by atoms with Crippen molar-refractivity contribution in [2.45, 2.75) is 196 Å². The average Bonchev–Trinajstić information content (AvgIpc) is 4.02. The molecule has 0 aliphatic rings. The fraction of sp³-hybridized carbons (Fsp3) is 0.680. The minimum Gasteiger partial charge on any atom is -0.464 e. The maximum Gasteiger partial charge on any atom is 0.329 e. The molecule has 0 aliphatic heterocycles. The third kappa shape index (κ3) is 24.0. The highest BCUT2D eigenvalue weighted by Gasteiger charge is 2.51. The van der Waals surface area contributed by atoms with Gasteiger partial charge in [-0.15, -0.1) is 0 Å². The normalized spacial score (nSPS) is 14.0. The largest absolute Gasteiger partial charge is 0.464 e. The van der Waals surface area contributed by atoms with E-state index in [0.717, 1.165) is 0 Å². The summed E-state index contributed by atoms with van der Waals surface area (Å²) in [6, 6.07) is 0. The van der Waals surface area contributed by atoms with Crippen LogP contribution in [0.5, 0.6) is 0 Å². The summed E-state index contributed by atoms with van der Waals surface area (Å²) in [6.45, 7) is 27.2. The number of carbonyl (C=O) groups excluding carboxylic acids is 6. The number of esters is 6. The summed E-state index contributed by atoms with van der Waals surface area (Å²) in [5.41, 5.74) is 8.77. The Kier molecular flexibility index (Phi) is 28.4. The minimum absolute atomic E-state index is 0.142. The van der Waals surface area contributed by atoms with E-state index in [9.17, 15) is 42.8 Å². The van der Waals surface area contributed by atoms with Gasteiger partial charge in [0.15, 0.2) is 30.2 Å². The summed E-state index contributed by atoms with van der Waals surface area (Å²) in [5.74, 6) is -4.01. The monoisotopic (exact) mass is 1190 g/mol. The van der Waals surface area contributed by atoms with Crippen LogP contribution in [0.1, 0.15) is 130 Å². The zero-order valence-electron chi connectivity index (χ0n) is 49.3. The van der Waals surface area contributed by atoms with Gasteiger partial charge < -0.3 is 68.0 Å². The lowest BCUT2D eigenvalue weighted by atomic mass is 10.1. The van der Waals surface area contributed by atoms with Crippen LogP contribution in [0.15, 0.2) is 25.3 Å². The molecule has 2 unspecified atom stereocenters. The minimum atomic E-state index is -4.25. The zero-order chi connectivity index (χ0) is 61.6. The van der Waals surface area contributed by atoms with E-state index in [1.54, 1.807) is 84.7 Å². The zero-order valence-corrected chi connectivity index (χ0v) is 51.1. The summed E-state index contributed by atoms with van der Waals surface area (Å²) in [7, 11) is -8.20. The number of aromatic nitrogens is 8. The molecule has 0 radical (unpaired) electrons. The summed E-state index contributed by atoms with van der Waals surface area (Å²) in [6.07, 6.45) is 2.93. The molecule has 0 amide bonds. The molecule has 0 fully saturated rings. The van der Waals surface area contributed by atoms with Gasteiger partial charge in [-0.05, 0) is 110 Å². The molecular formula is C50H84N12O17P2. The van der Waals surface area contributed by atoms with Crippen LogP contribution in [0.4, 0.5) is 11.6 Å². The number of fused-ring (bicyclic) bond motifs is 2. The van der Waals surface area contributed by atoms with Crippen LogP contribution in [-0.4, -0.2) is 159 Å². The third-order valence-corrected chi connectivity index (χ3v) is 14.4. The van der Waals surface area contributed by atoms with Gasteiger partial charge in [-0.3, -0.25) is 33.3 Å². The van der Waals surface area contributed by atoms with Crippen LogP contribution in [0.25, 0.3) is 22.3 Å². The number of nitrogens with two attached hydrogens (primary N) is 2. The third-order valence-electron chi connectivity index (χ3n) is 10.3. The maximum absolute atomic E-state index is 14.6. The Hall–Kier alpha value is -6.22. The molecule has 0 saturated carbocycles. The van der Waals surface area contributed by atoms with Crippen LogP contribution < -0.4 is 21.6 Å². The van der Waals surface area contributed by atoms with Crippen molar-refractivity contribution in [2.75, 3.05) is 37.4 Å². The molecule has 0 spiro atoms. The van der Waals surface area contributed by atoms with Crippen LogP contribution in [0.2, 0.25) is 0 Å². The van der Waals surface area contributed by atoms with Gasteiger partial charge in [-0.2, -0.15) is 0 Å². The number of nitrogens with one attached hydrogen (secondary N) is 2. The molecule has 4 aromatic heterocycles.